The van der Waals surface area contributed by atoms with E-state index >= 15 is 0 Å². The molecule has 2 heterocycles. The summed E-state index contributed by atoms with van der Waals surface area (Å²) in [4.78, 5) is 8.39. The van der Waals surface area contributed by atoms with Gasteiger partial charge in [0.25, 0.3) is 0 Å². The van der Waals surface area contributed by atoms with Gasteiger partial charge in [-0.05, 0) is 31.0 Å². The molecule has 26 heavy (non-hydrogen) atoms. The number of hydrogen-bond donors (Lipinski definition) is 3. The molecule has 0 bridgehead atoms. The summed E-state index contributed by atoms with van der Waals surface area (Å²) in [5.41, 5.74) is 0.982. The van der Waals surface area contributed by atoms with Gasteiger partial charge in [0, 0.05) is 18.7 Å². The second kappa shape index (κ2) is 7.50. The molecule has 0 aliphatic rings. The fraction of sp³-hybridized carbons (Fsp3) is 0.188. The molecule has 0 radical (unpaired) electrons. The number of rotatable bonds is 7. The smallest absolute Gasteiger partial charge is 0.238 e. The fourth-order valence-corrected chi connectivity index (χ4v) is 2.78. The van der Waals surface area contributed by atoms with Crippen LogP contribution in [0.25, 0.3) is 0 Å². The van der Waals surface area contributed by atoms with Gasteiger partial charge in [-0.1, -0.05) is 17.3 Å². The lowest BCUT2D eigenvalue weighted by Gasteiger charge is -2.07. The summed E-state index contributed by atoms with van der Waals surface area (Å²) in [5, 5.41) is 15.2. The molecule has 10 heteroatoms. The van der Waals surface area contributed by atoms with Crippen LogP contribution in [-0.2, 0) is 16.4 Å². The maximum atomic E-state index is 11.2. The lowest BCUT2D eigenvalue weighted by molar-refractivity contribution is 0.400. The molecule has 2 aromatic heterocycles. The van der Waals surface area contributed by atoms with E-state index in [1.54, 1.807) is 31.2 Å². The molecule has 3 rings (SSSR count). The van der Waals surface area contributed by atoms with E-state index in [0.717, 1.165) is 5.56 Å². The number of nitrogens with zero attached hydrogens (tertiary/aromatic N) is 3. The number of benzene rings is 1. The summed E-state index contributed by atoms with van der Waals surface area (Å²) in [6, 6.07) is 9.99. The largest absolute Gasteiger partial charge is 0.370 e. The number of aromatic nitrogens is 3. The van der Waals surface area contributed by atoms with Gasteiger partial charge in [0.2, 0.25) is 10.0 Å². The van der Waals surface area contributed by atoms with E-state index in [1.807, 2.05) is 0 Å². The monoisotopic (exact) mass is 374 g/mol. The number of nitrogens with two attached hydrogens (primary N) is 1. The Morgan fingerprint density at radius 2 is 1.81 bits per heavy atom. The molecule has 0 atom stereocenters. The van der Waals surface area contributed by atoms with E-state index in [9.17, 15) is 8.42 Å². The van der Waals surface area contributed by atoms with Crippen molar-refractivity contribution in [2.75, 3.05) is 17.2 Å². The lowest BCUT2D eigenvalue weighted by atomic mass is 10.1. The first kappa shape index (κ1) is 17.8. The standard InChI is InChI=1S/C16H18N6O3S/c1-11-8-16(22-25-11)21-15-9-14(19-10-20-15)18-7-6-12-2-4-13(5-3-12)26(17,23)24/h2-5,8-10H,6-7H2,1H3,(H2,17,23,24)(H2,18,19,20,21,22). The summed E-state index contributed by atoms with van der Waals surface area (Å²) in [5.74, 6) is 2.52. The first-order chi connectivity index (χ1) is 12.4. The van der Waals surface area contributed by atoms with Crippen molar-refractivity contribution in [3.8, 4) is 0 Å². The molecule has 4 N–H and O–H groups in total. The Morgan fingerprint density at radius 1 is 1.08 bits per heavy atom. The van der Waals surface area contributed by atoms with Crippen molar-refractivity contribution in [1.82, 2.24) is 15.1 Å². The van der Waals surface area contributed by atoms with Gasteiger partial charge < -0.3 is 15.2 Å². The van der Waals surface area contributed by atoms with Gasteiger partial charge in [-0.15, -0.1) is 0 Å². The zero-order valence-electron chi connectivity index (χ0n) is 14.0. The van der Waals surface area contributed by atoms with Crippen LogP contribution in [0.2, 0.25) is 0 Å². The van der Waals surface area contributed by atoms with Crippen molar-refractivity contribution in [3.63, 3.8) is 0 Å². The van der Waals surface area contributed by atoms with Gasteiger partial charge in [0.1, 0.15) is 23.7 Å². The lowest BCUT2D eigenvalue weighted by Crippen LogP contribution is -2.12. The van der Waals surface area contributed by atoms with E-state index in [-0.39, 0.29) is 4.90 Å². The SMILES string of the molecule is Cc1cc(Nc2cc(NCCc3ccc(S(N)(=O)=O)cc3)ncn2)no1. The van der Waals surface area contributed by atoms with E-state index in [4.69, 9.17) is 9.66 Å². The van der Waals surface area contributed by atoms with Crippen molar-refractivity contribution < 1.29 is 12.9 Å². The minimum Gasteiger partial charge on any atom is -0.370 e. The maximum absolute atomic E-state index is 11.2. The Balaban J connectivity index is 1.55. The maximum Gasteiger partial charge on any atom is 0.238 e. The van der Waals surface area contributed by atoms with Gasteiger partial charge in [0.05, 0.1) is 4.90 Å². The molecule has 0 saturated carbocycles. The number of primary sulfonamides is 1. The average Bonchev–Trinajstić information content (AvgIpc) is 3.00. The van der Waals surface area contributed by atoms with Crippen molar-refractivity contribution in [2.24, 2.45) is 5.14 Å². The third-order valence-corrected chi connectivity index (χ3v) is 4.45. The van der Waals surface area contributed by atoms with Gasteiger partial charge in [-0.3, -0.25) is 0 Å². The zero-order valence-corrected chi connectivity index (χ0v) is 14.8. The van der Waals surface area contributed by atoms with Crippen LogP contribution in [-0.4, -0.2) is 30.1 Å². The predicted octanol–water partition coefficient (Wildman–Crippen LogP) is 1.82. The Bertz CT molecular complexity index is 985. The Labute approximate surface area is 150 Å². The number of nitrogens with one attached hydrogen (secondary N) is 2. The van der Waals surface area contributed by atoms with Crippen LogP contribution in [0.3, 0.4) is 0 Å². The molecule has 0 fully saturated rings. The second-order valence-corrected chi connectivity index (χ2v) is 7.16. The molecule has 0 aliphatic heterocycles. The normalized spacial score (nSPS) is 11.3. The van der Waals surface area contributed by atoms with Gasteiger partial charge in [-0.25, -0.2) is 23.5 Å². The van der Waals surface area contributed by atoms with Crippen LogP contribution in [0.1, 0.15) is 11.3 Å². The van der Waals surface area contributed by atoms with Gasteiger partial charge in [-0.2, -0.15) is 0 Å². The molecule has 0 aliphatic carbocycles. The highest BCUT2D eigenvalue weighted by molar-refractivity contribution is 7.89. The Kier molecular flexibility index (Phi) is 5.14. The minimum absolute atomic E-state index is 0.101. The molecule has 3 aromatic rings. The molecule has 136 valence electrons. The molecule has 0 spiro atoms. The van der Waals surface area contributed by atoms with Crippen molar-refractivity contribution in [2.45, 2.75) is 18.2 Å². The molecule has 0 saturated heterocycles. The summed E-state index contributed by atoms with van der Waals surface area (Å²) in [7, 11) is -3.66. The molecule has 0 unspecified atom stereocenters. The Morgan fingerprint density at radius 3 is 2.46 bits per heavy atom. The van der Waals surface area contributed by atoms with Crippen LogP contribution < -0.4 is 15.8 Å². The van der Waals surface area contributed by atoms with Crippen LogP contribution in [0.4, 0.5) is 17.5 Å². The first-order valence-electron chi connectivity index (χ1n) is 7.78. The molecular weight excluding hydrogens is 356 g/mol. The van der Waals surface area contributed by atoms with Crippen LogP contribution >= 0.6 is 0 Å². The van der Waals surface area contributed by atoms with Crippen LogP contribution in [0.15, 0.2) is 52.1 Å². The quantitative estimate of drug-likeness (QED) is 0.570. The van der Waals surface area contributed by atoms with Crippen molar-refractivity contribution >= 4 is 27.5 Å². The third kappa shape index (κ3) is 4.77. The van der Waals surface area contributed by atoms with Crippen molar-refractivity contribution in [3.05, 3.63) is 54.0 Å². The summed E-state index contributed by atoms with van der Waals surface area (Å²) >= 11 is 0. The Hall–Kier alpha value is -2.98. The van der Waals surface area contributed by atoms with Crippen LogP contribution in [0.5, 0.6) is 0 Å². The summed E-state index contributed by atoms with van der Waals surface area (Å²) < 4.78 is 27.5. The number of sulfonamides is 1. The zero-order chi connectivity index (χ0) is 18.6. The number of aryl methyl sites for hydroxylation is 1. The van der Waals surface area contributed by atoms with E-state index in [0.29, 0.717) is 36.2 Å². The fourth-order valence-electron chi connectivity index (χ4n) is 2.26. The predicted molar refractivity (Wildman–Crippen MR) is 96.6 cm³/mol. The van der Waals surface area contributed by atoms with Gasteiger partial charge >= 0.3 is 0 Å². The highest BCUT2D eigenvalue weighted by Gasteiger charge is 2.07. The highest BCUT2D eigenvalue weighted by Crippen LogP contribution is 2.16. The van der Waals surface area contributed by atoms with Crippen LogP contribution in [0, 0.1) is 6.92 Å². The van der Waals surface area contributed by atoms with E-state index < -0.39 is 10.0 Å². The molecule has 0 amide bonds. The summed E-state index contributed by atoms with van der Waals surface area (Å²) in [6.07, 6.45) is 2.14. The molecular formula is C16H18N6O3S. The molecule has 9 nitrogen and oxygen atoms in total. The summed E-state index contributed by atoms with van der Waals surface area (Å²) in [6.45, 7) is 2.43. The molecule has 1 aromatic carbocycles. The second-order valence-electron chi connectivity index (χ2n) is 5.60. The minimum atomic E-state index is -3.66. The van der Waals surface area contributed by atoms with Gasteiger partial charge in [0.15, 0.2) is 5.82 Å². The topological polar surface area (TPSA) is 136 Å². The van der Waals surface area contributed by atoms with E-state index in [2.05, 4.69) is 25.8 Å². The first-order valence-corrected chi connectivity index (χ1v) is 9.33. The number of hydrogen-bond acceptors (Lipinski definition) is 8. The van der Waals surface area contributed by atoms with Crippen molar-refractivity contribution in [1.29, 1.82) is 0 Å². The third-order valence-electron chi connectivity index (χ3n) is 3.52. The average molecular weight is 374 g/mol. The number of anilines is 3. The highest BCUT2D eigenvalue weighted by atomic mass is 32.2. The van der Waals surface area contributed by atoms with E-state index in [1.165, 1.54) is 18.5 Å².